The van der Waals surface area contributed by atoms with E-state index in [4.69, 9.17) is 14.2 Å². The van der Waals surface area contributed by atoms with Gasteiger partial charge in [0, 0.05) is 7.11 Å². The van der Waals surface area contributed by atoms with Crippen LogP contribution < -0.4 is 0 Å². The molecule has 10 heavy (non-hydrogen) atoms. The fraction of sp³-hybridized carbons (Fsp3) is 0.714. The highest BCUT2D eigenvalue weighted by Gasteiger charge is 2.08. The van der Waals surface area contributed by atoms with Crippen LogP contribution in [-0.2, 0) is 14.2 Å². The van der Waals surface area contributed by atoms with Crippen molar-refractivity contribution < 1.29 is 14.2 Å². The molecular weight excluding hydrogens is 132 g/mol. The third kappa shape index (κ3) is 2.47. The standard InChI is InChI=1S/C7H12O3/c1-8-6-7-9-4-2-3-5-10-7/h2-3,7H,4-6H2,1H3. The van der Waals surface area contributed by atoms with Crippen molar-refractivity contribution in [3.8, 4) is 0 Å². The fourth-order valence-electron chi connectivity index (χ4n) is 0.742. The van der Waals surface area contributed by atoms with Crippen LogP contribution in [0.25, 0.3) is 0 Å². The van der Waals surface area contributed by atoms with Crippen molar-refractivity contribution in [3.05, 3.63) is 12.2 Å². The number of rotatable bonds is 2. The van der Waals surface area contributed by atoms with E-state index in [1.807, 2.05) is 12.2 Å². The van der Waals surface area contributed by atoms with Gasteiger partial charge in [0.1, 0.15) is 0 Å². The largest absolute Gasteiger partial charge is 0.379 e. The van der Waals surface area contributed by atoms with Gasteiger partial charge in [0.2, 0.25) is 0 Å². The van der Waals surface area contributed by atoms with Crippen LogP contribution in [0.1, 0.15) is 0 Å². The van der Waals surface area contributed by atoms with E-state index in [-0.39, 0.29) is 6.29 Å². The summed E-state index contributed by atoms with van der Waals surface area (Å²) in [6, 6.07) is 0. The second kappa shape index (κ2) is 4.44. The minimum absolute atomic E-state index is 0.194. The van der Waals surface area contributed by atoms with Gasteiger partial charge >= 0.3 is 0 Å². The summed E-state index contributed by atoms with van der Waals surface area (Å²) in [4.78, 5) is 0. The maximum absolute atomic E-state index is 5.21. The van der Waals surface area contributed by atoms with Gasteiger partial charge in [-0.05, 0) is 0 Å². The first-order valence-electron chi connectivity index (χ1n) is 3.30. The SMILES string of the molecule is COCC1OCC=CCO1. The molecule has 3 nitrogen and oxygen atoms in total. The molecule has 1 heterocycles. The van der Waals surface area contributed by atoms with Crippen LogP contribution in [0, 0.1) is 0 Å². The summed E-state index contributed by atoms with van der Waals surface area (Å²) in [6.07, 6.45) is 3.69. The molecule has 0 bridgehead atoms. The maximum atomic E-state index is 5.21. The van der Waals surface area contributed by atoms with Gasteiger partial charge in [0.15, 0.2) is 6.29 Å². The van der Waals surface area contributed by atoms with Crippen molar-refractivity contribution in [3.63, 3.8) is 0 Å². The summed E-state index contributed by atoms with van der Waals surface area (Å²) in [7, 11) is 1.63. The first-order chi connectivity index (χ1) is 4.93. The van der Waals surface area contributed by atoms with Gasteiger partial charge in [-0.3, -0.25) is 0 Å². The minimum atomic E-state index is -0.194. The van der Waals surface area contributed by atoms with Crippen LogP contribution in [0.3, 0.4) is 0 Å². The van der Waals surface area contributed by atoms with E-state index < -0.39 is 0 Å². The van der Waals surface area contributed by atoms with Crippen molar-refractivity contribution in [2.75, 3.05) is 26.9 Å². The quantitative estimate of drug-likeness (QED) is 0.530. The summed E-state index contributed by atoms with van der Waals surface area (Å²) in [5, 5.41) is 0. The van der Waals surface area contributed by atoms with Crippen LogP contribution >= 0.6 is 0 Å². The number of methoxy groups -OCH3 is 1. The first kappa shape index (κ1) is 7.72. The molecule has 1 rings (SSSR count). The zero-order valence-corrected chi connectivity index (χ0v) is 6.08. The third-order valence-electron chi connectivity index (χ3n) is 1.23. The van der Waals surface area contributed by atoms with Crippen LogP contribution in [-0.4, -0.2) is 33.2 Å². The highest BCUT2D eigenvalue weighted by atomic mass is 16.7. The van der Waals surface area contributed by atoms with Crippen molar-refractivity contribution in [2.45, 2.75) is 6.29 Å². The summed E-state index contributed by atoms with van der Waals surface area (Å²) < 4.78 is 15.3. The average Bonchev–Trinajstić information content (AvgIpc) is 2.17. The van der Waals surface area contributed by atoms with Gasteiger partial charge in [0.05, 0.1) is 19.8 Å². The van der Waals surface area contributed by atoms with Gasteiger partial charge < -0.3 is 14.2 Å². The van der Waals surface area contributed by atoms with Crippen LogP contribution in [0.2, 0.25) is 0 Å². The normalized spacial score (nSPS) is 20.9. The molecule has 1 aliphatic rings. The lowest BCUT2D eigenvalue weighted by Gasteiger charge is -2.13. The molecule has 0 radical (unpaired) electrons. The molecule has 0 spiro atoms. The van der Waals surface area contributed by atoms with Gasteiger partial charge in [-0.15, -0.1) is 0 Å². The molecule has 0 unspecified atom stereocenters. The highest BCUT2D eigenvalue weighted by Crippen LogP contribution is 1.99. The van der Waals surface area contributed by atoms with E-state index in [0.717, 1.165) is 0 Å². The van der Waals surface area contributed by atoms with Crippen LogP contribution in [0.15, 0.2) is 12.2 Å². The lowest BCUT2D eigenvalue weighted by molar-refractivity contribution is -0.150. The fourth-order valence-corrected chi connectivity index (χ4v) is 0.742. The lowest BCUT2D eigenvalue weighted by atomic mass is 10.5. The average molecular weight is 144 g/mol. The molecule has 0 aromatic carbocycles. The van der Waals surface area contributed by atoms with E-state index >= 15 is 0 Å². The molecule has 0 amide bonds. The van der Waals surface area contributed by atoms with Gasteiger partial charge in [-0.25, -0.2) is 0 Å². The maximum Gasteiger partial charge on any atom is 0.181 e. The molecule has 0 atom stereocenters. The molecule has 0 N–H and O–H groups in total. The summed E-state index contributed by atoms with van der Waals surface area (Å²) in [5.74, 6) is 0. The Morgan fingerprint density at radius 3 is 2.50 bits per heavy atom. The monoisotopic (exact) mass is 144 g/mol. The zero-order chi connectivity index (χ0) is 7.23. The van der Waals surface area contributed by atoms with Crippen molar-refractivity contribution in [1.29, 1.82) is 0 Å². The molecule has 3 heteroatoms. The highest BCUT2D eigenvalue weighted by molar-refractivity contribution is 4.83. The second-order valence-corrected chi connectivity index (χ2v) is 2.02. The Kier molecular flexibility index (Phi) is 3.43. The van der Waals surface area contributed by atoms with E-state index in [2.05, 4.69) is 0 Å². The summed E-state index contributed by atoms with van der Waals surface area (Å²) in [6.45, 7) is 1.74. The van der Waals surface area contributed by atoms with Crippen LogP contribution in [0.4, 0.5) is 0 Å². The van der Waals surface area contributed by atoms with E-state index in [1.165, 1.54) is 0 Å². The van der Waals surface area contributed by atoms with Gasteiger partial charge in [-0.1, -0.05) is 12.2 Å². The third-order valence-corrected chi connectivity index (χ3v) is 1.23. The minimum Gasteiger partial charge on any atom is -0.379 e. The topological polar surface area (TPSA) is 27.7 Å². The van der Waals surface area contributed by atoms with E-state index in [1.54, 1.807) is 7.11 Å². The van der Waals surface area contributed by atoms with E-state index in [0.29, 0.717) is 19.8 Å². The summed E-state index contributed by atoms with van der Waals surface area (Å²) >= 11 is 0. The molecule has 0 saturated heterocycles. The molecule has 0 aromatic heterocycles. The zero-order valence-electron chi connectivity index (χ0n) is 6.08. The molecule has 0 aliphatic carbocycles. The van der Waals surface area contributed by atoms with Crippen molar-refractivity contribution in [2.24, 2.45) is 0 Å². The Morgan fingerprint density at radius 1 is 1.40 bits per heavy atom. The Morgan fingerprint density at radius 2 is 2.00 bits per heavy atom. The Bertz CT molecular complexity index is 101. The second-order valence-electron chi connectivity index (χ2n) is 2.02. The van der Waals surface area contributed by atoms with E-state index in [9.17, 15) is 0 Å². The van der Waals surface area contributed by atoms with Crippen molar-refractivity contribution in [1.82, 2.24) is 0 Å². The Hall–Kier alpha value is -0.380. The molecule has 58 valence electrons. The molecule has 0 fully saturated rings. The van der Waals surface area contributed by atoms with Crippen LogP contribution in [0.5, 0.6) is 0 Å². The molecule has 0 aromatic rings. The predicted molar refractivity (Wildman–Crippen MR) is 36.7 cm³/mol. The molecule has 1 aliphatic heterocycles. The lowest BCUT2D eigenvalue weighted by Crippen LogP contribution is -2.21. The number of hydrogen-bond donors (Lipinski definition) is 0. The smallest absolute Gasteiger partial charge is 0.181 e. The van der Waals surface area contributed by atoms with Gasteiger partial charge in [-0.2, -0.15) is 0 Å². The molecular formula is C7H12O3. The number of hydrogen-bond acceptors (Lipinski definition) is 3. The van der Waals surface area contributed by atoms with Crippen molar-refractivity contribution >= 4 is 0 Å². The molecule has 0 saturated carbocycles. The summed E-state index contributed by atoms with van der Waals surface area (Å²) in [5.41, 5.74) is 0. The predicted octanol–water partition coefficient (Wildman–Crippen LogP) is 0.562. The first-order valence-corrected chi connectivity index (χ1v) is 3.30. The Balaban J connectivity index is 2.20. The number of ether oxygens (including phenoxy) is 3. The Labute approximate surface area is 60.6 Å². The van der Waals surface area contributed by atoms with Gasteiger partial charge in [0.25, 0.3) is 0 Å².